The van der Waals surface area contributed by atoms with Gasteiger partial charge in [0.15, 0.2) is 0 Å². The van der Waals surface area contributed by atoms with Crippen molar-refractivity contribution in [1.82, 2.24) is 5.32 Å². The fraction of sp³-hybridized carbons (Fsp3) is 0.412. The van der Waals surface area contributed by atoms with Crippen LogP contribution < -0.4 is 10.6 Å². The Morgan fingerprint density at radius 1 is 1.28 bits per heavy atom. The third-order valence-corrected chi connectivity index (χ3v) is 6.11. The van der Waals surface area contributed by atoms with Gasteiger partial charge in [-0.25, -0.2) is 0 Å². The zero-order valence-electron chi connectivity index (χ0n) is 13.7. The molecule has 1 aliphatic carbocycles. The monoisotopic (exact) mass is 384 g/mol. The number of fused-ring (bicyclic) bond motifs is 1. The minimum Gasteiger partial charge on any atom is -0.347 e. The normalized spacial score (nSPS) is 14.0. The second-order valence-electron chi connectivity index (χ2n) is 6.02. The number of hydrogen-bond acceptors (Lipinski definition) is 4. The fourth-order valence-electron chi connectivity index (χ4n) is 2.78. The quantitative estimate of drug-likeness (QED) is 0.811. The summed E-state index contributed by atoms with van der Waals surface area (Å²) in [5, 5.41) is 7.23. The molecule has 2 aromatic heterocycles. The van der Waals surface area contributed by atoms with Gasteiger partial charge in [0.2, 0.25) is 0 Å². The number of halogens is 2. The lowest BCUT2D eigenvalue weighted by molar-refractivity contribution is -0.137. The Hall–Kier alpha value is -1.80. The van der Waals surface area contributed by atoms with Crippen molar-refractivity contribution in [2.75, 3.05) is 5.32 Å². The summed E-state index contributed by atoms with van der Waals surface area (Å²) >= 11 is 2.76. The van der Waals surface area contributed by atoms with Gasteiger partial charge in [-0.05, 0) is 42.7 Å². The predicted octanol–water partition coefficient (Wildman–Crippen LogP) is 4.21. The van der Waals surface area contributed by atoms with Crippen LogP contribution in [0.3, 0.4) is 0 Å². The molecule has 0 aromatic carbocycles. The van der Waals surface area contributed by atoms with Crippen molar-refractivity contribution in [3.8, 4) is 0 Å². The van der Waals surface area contributed by atoms with E-state index in [0.717, 1.165) is 41.0 Å². The number of nitrogens with one attached hydrogen (secondary N) is 2. The van der Waals surface area contributed by atoms with Crippen molar-refractivity contribution in [3.63, 3.8) is 0 Å². The van der Waals surface area contributed by atoms with Crippen LogP contribution in [0.2, 0.25) is 0 Å². The van der Waals surface area contributed by atoms with Crippen LogP contribution in [0.15, 0.2) is 17.5 Å². The number of thiophene rings is 2. The molecule has 4 nitrogen and oxygen atoms in total. The highest BCUT2D eigenvalue weighted by Crippen LogP contribution is 2.38. The second-order valence-corrected chi connectivity index (χ2v) is 8.16. The number of anilines is 1. The van der Waals surface area contributed by atoms with Crippen LogP contribution in [0.25, 0.3) is 0 Å². The van der Waals surface area contributed by atoms with E-state index in [1.807, 2.05) is 17.5 Å². The topological polar surface area (TPSA) is 58.2 Å². The van der Waals surface area contributed by atoms with Crippen molar-refractivity contribution < 1.29 is 18.4 Å². The maximum absolute atomic E-state index is 13.2. The Morgan fingerprint density at radius 2 is 2.04 bits per heavy atom. The number of carbonyl (C=O) groups is 2. The summed E-state index contributed by atoms with van der Waals surface area (Å²) in [6.07, 6.45) is 3.49. The van der Waals surface area contributed by atoms with Crippen molar-refractivity contribution in [2.24, 2.45) is 0 Å². The van der Waals surface area contributed by atoms with Crippen LogP contribution in [0.5, 0.6) is 0 Å². The van der Waals surface area contributed by atoms with Gasteiger partial charge in [0.05, 0.1) is 12.1 Å². The average molecular weight is 384 g/mol. The molecular formula is C17H18F2N2O2S2. The summed E-state index contributed by atoms with van der Waals surface area (Å²) in [5.74, 6) is -5.21. The SMILES string of the molecule is CC(F)(F)C(=O)Nc1sc2c(c1C(=O)NCc1cccs1)CCCC2. The first-order chi connectivity index (χ1) is 11.9. The lowest BCUT2D eigenvalue weighted by Crippen LogP contribution is -2.32. The Kier molecular flexibility index (Phi) is 5.19. The maximum atomic E-state index is 13.2. The van der Waals surface area contributed by atoms with Crippen LogP contribution >= 0.6 is 22.7 Å². The summed E-state index contributed by atoms with van der Waals surface area (Å²) in [4.78, 5) is 26.4. The molecular weight excluding hydrogens is 366 g/mol. The van der Waals surface area contributed by atoms with E-state index in [-0.39, 0.29) is 10.9 Å². The molecule has 3 rings (SSSR count). The van der Waals surface area contributed by atoms with E-state index < -0.39 is 11.8 Å². The van der Waals surface area contributed by atoms with Crippen LogP contribution in [0.4, 0.5) is 13.8 Å². The minimum atomic E-state index is -3.49. The molecule has 1 aliphatic rings. The Bertz CT molecular complexity index is 779. The molecule has 2 N–H and O–H groups in total. The summed E-state index contributed by atoms with van der Waals surface area (Å²) in [6, 6.07) is 3.81. The highest BCUT2D eigenvalue weighted by molar-refractivity contribution is 7.17. The van der Waals surface area contributed by atoms with Crippen molar-refractivity contribution >= 4 is 39.5 Å². The average Bonchev–Trinajstić information content (AvgIpc) is 3.18. The summed E-state index contributed by atoms with van der Waals surface area (Å²) < 4.78 is 26.5. The smallest absolute Gasteiger partial charge is 0.322 e. The van der Waals surface area contributed by atoms with Gasteiger partial charge in [-0.1, -0.05) is 6.07 Å². The Balaban J connectivity index is 1.86. The summed E-state index contributed by atoms with van der Waals surface area (Å²) in [7, 11) is 0. The lowest BCUT2D eigenvalue weighted by atomic mass is 9.95. The molecule has 0 bridgehead atoms. The summed E-state index contributed by atoms with van der Waals surface area (Å²) in [6.45, 7) is 0.921. The number of carbonyl (C=O) groups excluding carboxylic acids is 2. The number of aryl methyl sites for hydroxylation is 1. The van der Waals surface area contributed by atoms with E-state index >= 15 is 0 Å². The molecule has 2 amide bonds. The largest absolute Gasteiger partial charge is 0.347 e. The van der Waals surface area contributed by atoms with Crippen LogP contribution in [-0.2, 0) is 24.2 Å². The second kappa shape index (κ2) is 7.21. The lowest BCUT2D eigenvalue weighted by Gasteiger charge is -2.14. The van der Waals surface area contributed by atoms with Crippen LogP contribution in [0, 0.1) is 0 Å². The van der Waals surface area contributed by atoms with Gasteiger partial charge in [0.25, 0.3) is 11.8 Å². The number of hydrogen-bond donors (Lipinski definition) is 2. The zero-order chi connectivity index (χ0) is 18.0. The van der Waals surface area contributed by atoms with Gasteiger partial charge >= 0.3 is 5.92 Å². The Morgan fingerprint density at radius 3 is 2.72 bits per heavy atom. The van der Waals surface area contributed by atoms with Crippen molar-refractivity contribution in [2.45, 2.75) is 45.1 Å². The molecule has 0 atom stereocenters. The van der Waals surface area contributed by atoms with Gasteiger partial charge in [-0.15, -0.1) is 22.7 Å². The highest BCUT2D eigenvalue weighted by atomic mass is 32.1. The molecule has 0 radical (unpaired) electrons. The van der Waals surface area contributed by atoms with E-state index in [2.05, 4.69) is 10.6 Å². The van der Waals surface area contributed by atoms with Crippen LogP contribution in [0.1, 0.15) is 45.4 Å². The predicted molar refractivity (Wildman–Crippen MR) is 95.7 cm³/mol. The first kappa shape index (κ1) is 18.0. The molecule has 8 heteroatoms. The fourth-order valence-corrected chi connectivity index (χ4v) is 4.70. The molecule has 0 saturated heterocycles. The maximum Gasteiger partial charge on any atom is 0.322 e. The molecule has 0 fully saturated rings. The molecule has 0 aliphatic heterocycles. The first-order valence-electron chi connectivity index (χ1n) is 8.00. The van der Waals surface area contributed by atoms with Crippen molar-refractivity contribution in [3.05, 3.63) is 38.4 Å². The number of rotatable bonds is 5. The molecule has 134 valence electrons. The van der Waals surface area contributed by atoms with Gasteiger partial charge in [-0.2, -0.15) is 8.78 Å². The molecule has 2 aromatic rings. The third-order valence-electron chi connectivity index (χ3n) is 4.03. The van der Waals surface area contributed by atoms with E-state index in [0.29, 0.717) is 19.0 Å². The molecule has 25 heavy (non-hydrogen) atoms. The van der Waals surface area contributed by atoms with Gasteiger partial charge < -0.3 is 10.6 Å². The van der Waals surface area contributed by atoms with E-state index in [4.69, 9.17) is 0 Å². The van der Waals surface area contributed by atoms with E-state index in [9.17, 15) is 18.4 Å². The zero-order valence-corrected chi connectivity index (χ0v) is 15.3. The Labute approximate surface area is 152 Å². The molecule has 0 unspecified atom stereocenters. The van der Waals surface area contributed by atoms with E-state index in [1.54, 1.807) is 0 Å². The van der Waals surface area contributed by atoms with E-state index in [1.165, 1.54) is 22.7 Å². The van der Waals surface area contributed by atoms with Crippen LogP contribution in [-0.4, -0.2) is 17.7 Å². The van der Waals surface area contributed by atoms with Gasteiger partial charge in [0, 0.05) is 16.7 Å². The number of amides is 2. The van der Waals surface area contributed by atoms with Crippen molar-refractivity contribution in [1.29, 1.82) is 0 Å². The minimum absolute atomic E-state index is 0.224. The standard InChI is InChI=1S/C17H18F2N2O2S2/c1-17(18,19)16(23)21-15-13(11-6-2-3-7-12(11)25-15)14(22)20-9-10-5-4-8-24-10/h4-5,8H,2-3,6-7,9H2,1H3,(H,20,22)(H,21,23). The third kappa shape index (κ3) is 4.07. The highest BCUT2D eigenvalue weighted by Gasteiger charge is 2.35. The molecule has 0 saturated carbocycles. The van der Waals surface area contributed by atoms with Gasteiger partial charge in [-0.3, -0.25) is 9.59 Å². The molecule has 0 spiro atoms. The number of alkyl halides is 2. The summed E-state index contributed by atoms with van der Waals surface area (Å²) in [5.41, 5.74) is 1.23. The van der Waals surface area contributed by atoms with Gasteiger partial charge in [0.1, 0.15) is 5.00 Å². The first-order valence-corrected chi connectivity index (χ1v) is 9.70. The molecule has 2 heterocycles.